The number of hydrogen-bond donors (Lipinski definition) is 2. The highest BCUT2D eigenvalue weighted by atomic mass is 32.2. The molecule has 0 aliphatic heterocycles. The number of hydrogen-bond acceptors (Lipinski definition) is 5. The van der Waals surface area contributed by atoms with Gasteiger partial charge in [0.05, 0.1) is 10.5 Å². The van der Waals surface area contributed by atoms with Crippen LogP contribution >= 0.6 is 11.8 Å². The second-order valence-corrected chi connectivity index (χ2v) is 4.85. The zero-order chi connectivity index (χ0) is 15.7. The van der Waals surface area contributed by atoms with Gasteiger partial charge >= 0.3 is 17.1 Å². The summed E-state index contributed by atoms with van der Waals surface area (Å²) in [7, 11) is 1.33. The van der Waals surface area contributed by atoms with Gasteiger partial charge in [-0.1, -0.05) is 0 Å². The van der Waals surface area contributed by atoms with Crippen LogP contribution in [0, 0.1) is 11.6 Å². The van der Waals surface area contributed by atoms with Crippen molar-refractivity contribution in [1.82, 2.24) is 14.8 Å². The SMILES string of the molecule is Cn1[nH]c(=O)c(=O)nc1Sc1c(F)cc(C(=O)O)cc1F. The first-order valence-corrected chi connectivity index (χ1v) is 6.19. The molecule has 0 saturated heterocycles. The molecule has 0 unspecified atom stereocenters. The van der Waals surface area contributed by atoms with E-state index in [0.717, 1.165) is 4.68 Å². The molecule has 2 aromatic rings. The average Bonchev–Trinajstić information content (AvgIpc) is 2.39. The fourth-order valence-electron chi connectivity index (χ4n) is 1.42. The molecule has 0 bridgehead atoms. The number of aromatic nitrogens is 3. The fourth-order valence-corrected chi connectivity index (χ4v) is 2.23. The van der Waals surface area contributed by atoms with E-state index in [1.807, 2.05) is 0 Å². The van der Waals surface area contributed by atoms with Crippen LogP contribution in [0.1, 0.15) is 10.4 Å². The van der Waals surface area contributed by atoms with Gasteiger partial charge in [-0.05, 0) is 23.9 Å². The predicted molar refractivity (Wildman–Crippen MR) is 67.5 cm³/mol. The number of carboxylic acids is 1. The smallest absolute Gasteiger partial charge is 0.339 e. The van der Waals surface area contributed by atoms with Gasteiger partial charge in [-0.25, -0.2) is 13.6 Å². The molecular weight excluding hydrogens is 308 g/mol. The predicted octanol–water partition coefficient (Wildman–Crippen LogP) is 0.596. The van der Waals surface area contributed by atoms with E-state index < -0.39 is 39.2 Å². The van der Waals surface area contributed by atoms with Crippen LogP contribution in [0.5, 0.6) is 0 Å². The van der Waals surface area contributed by atoms with Crippen molar-refractivity contribution in [2.45, 2.75) is 10.1 Å². The number of aromatic amines is 1. The maximum Gasteiger partial charge on any atom is 0.339 e. The Morgan fingerprint density at radius 1 is 1.33 bits per heavy atom. The second-order valence-electron chi connectivity index (χ2n) is 3.88. The van der Waals surface area contributed by atoms with Crippen molar-refractivity contribution in [3.8, 4) is 0 Å². The largest absolute Gasteiger partial charge is 0.478 e. The third kappa shape index (κ3) is 2.99. The Kier molecular flexibility index (Phi) is 3.89. The van der Waals surface area contributed by atoms with E-state index in [-0.39, 0.29) is 5.16 Å². The van der Waals surface area contributed by atoms with Gasteiger partial charge in [0.2, 0.25) is 0 Å². The molecule has 21 heavy (non-hydrogen) atoms. The summed E-state index contributed by atoms with van der Waals surface area (Å²) in [6.45, 7) is 0. The third-order valence-corrected chi connectivity index (χ3v) is 3.53. The van der Waals surface area contributed by atoms with Crippen LogP contribution in [-0.2, 0) is 7.05 Å². The lowest BCUT2D eigenvalue weighted by molar-refractivity contribution is 0.0695. The van der Waals surface area contributed by atoms with Crippen LogP contribution in [0.25, 0.3) is 0 Å². The van der Waals surface area contributed by atoms with Crippen molar-refractivity contribution >= 4 is 17.7 Å². The lowest BCUT2D eigenvalue weighted by atomic mass is 10.2. The molecule has 1 aromatic heterocycles. The Hall–Kier alpha value is -2.49. The van der Waals surface area contributed by atoms with Gasteiger partial charge < -0.3 is 5.11 Å². The molecule has 0 saturated carbocycles. The Balaban J connectivity index is 2.50. The molecule has 0 spiro atoms. The monoisotopic (exact) mass is 315 g/mol. The molecule has 0 fully saturated rings. The molecule has 10 heteroatoms. The normalized spacial score (nSPS) is 10.6. The van der Waals surface area contributed by atoms with E-state index >= 15 is 0 Å². The number of rotatable bonds is 3. The highest BCUT2D eigenvalue weighted by Crippen LogP contribution is 2.30. The summed E-state index contributed by atoms with van der Waals surface area (Å²) < 4.78 is 28.5. The summed E-state index contributed by atoms with van der Waals surface area (Å²) in [6, 6.07) is 1.30. The number of benzene rings is 1. The molecule has 110 valence electrons. The molecule has 0 atom stereocenters. The van der Waals surface area contributed by atoms with Crippen molar-refractivity contribution in [3.63, 3.8) is 0 Å². The van der Waals surface area contributed by atoms with Gasteiger partial charge in [0, 0.05) is 7.05 Å². The number of carboxylic acid groups (broad SMARTS) is 1. The van der Waals surface area contributed by atoms with Crippen LogP contribution in [-0.4, -0.2) is 25.8 Å². The minimum absolute atomic E-state index is 0.152. The molecule has 2 N–H and O–H groups in total. The number of aryl methyl sites for hydroxylation is 1. The Labute approximate surface area is 119 Å². The molecule has 2 rings (SSSR count). The first kappa shape index (κ1) is 14.9. The van der Waals surface area contributed by atoms with Crippen molar-refractivity contribution in [1.29, 1.82) is 0 Å². The summed E-state index contributed by atoms with van der Waals surface area (Å²) in [5.41, 5.74) is -2.61. The maximum atomic E-state index is 13.8. The van der Waals surface area contributed by atoms with Crippen LogP contribution < -0.4 is 11.1 Å². The highest BCUT2D eigenvalue weighted by Gasteiger charge is 2.18. The summed E-state index contributed by atoms with van der Waals surface area (Å²) in [6.07, 6.45) is 0. The number of carbonyl (C=O) groups is 1. The topological polar surface area (TPSA) is 105 Å². The van der Waals surface area contributed by atoms with E-state index in [9.17, 15) is 23.2 Å². The molecule has 0 aliphatic carbocycles. The van der Waals surface area contributed by atoms with Gasteiger partial charge in [0.15, 0.2) is 5.16 Å². The summed E-state index contributed by atoms with van der Waals surface area (Å²) in [4.78, 5) is 35.7. The molecule has 0 amide bonds. The summed E-state index contributed by atoms with van der Waals surface area (Å²) in [5.74, 6) is -3.70. The highest BCUT2D eigenvalue weighted by molar-refractivity contribution is 7.99. The van der Waals surface area contributed by atoms with Crippen LogP contribution in [0.3, 0.4) is 0 Å². The standard InChI is InChI=1S/C11H7F2N3O4S/c1-16-11(14-8(17)9(18)15-16)21-7-5(12)2-4(10(19)20)3-6(7)13/h2-3H,1H3,(H,15,18)(H,19,20). The number of halogens is 2. The van der Waals surface area contributed by atoms with Gasteiger partial charge in [0.25, 0.3) is 0 Å². The van der Waals surface area contributed by atoms with Crippen LogP contribution in [0.4, 0.5) is 8.78 Å². The zero-order valence-corrected chi connectivity index (χ0v) is 11.2. The van der Waals surface area contributed by atoms with E-state index in [4.69, 9.17) is 5.11 Å². The molecule has 1 heterocycles. The number of nitrogens with one attached hydrogen (secondary N) is 1. The van der Waals surface area contributed by atoms with Crippen molar-refractivity contribution in [2.75, 3.05) is 0 Å². The van der Waals surface area contributed by atoms with Crippen molar-refractivity contribution in [3.05, 3.63) is 50.0 Å². The second kappa shape index (κ2) is 5.48. The van der Waals surface area contributed by atoms with E-state index in [0.29, 0.717) is 23.9 Å². The minimum Gasteiger partial charge on any atom is -0.478 e. The summed E-state index contributed by atoms with van der Waals surface area (Å²) >= 11 is 0.450. The van der Waals surface area contributed by atoms with Crippen LogP contribution in [0.15, 0.2) is 31.8 Å². The van der Waals surface area contributed by atoms with Gasteiger partial charge in [-0.3, -0.25) is 19.4 Å². The zero-order valence-electron chi connectivity index (χ0n) is 10.4. The van der Waals surface area contributed by atoms with Gasteiger partial charge in [-0.15, -0.1) is 0 Å². The third-order valence-electron chi connectivity index (χ3n) is 2.39. The number of H-pyrrole nitrogens is 1. The first-order valence-electron chi connectivity index (χ1n) is 5.37. The van der Waals surface area contributed by atoms with E-state index in [1.54, 1.807) is 0 Å². The molecule has 1 aromatic carbocycles. The molecule has 0 aliphatic rings. The lowest BCUT2D eigenvalue weighted by Crippen LogP contribution is -2.33. The molecule has 7 nitrogen and oxygen atoms in total. The Morgan fingerprint density at radius 3 is 2.43 bits per heavy atom. The molecular formula is C11H7F2N3O4S. The number of nitrogens with zero attached hydrogens (tertiary/aromatic N) is 2. The fraction of sp³-hybridized carbons (Fsp3) is 0.0909. The maximum absolute atomic E-state index is 13.8. The quantitative estimate of drug-likeness (QED) is 0.804. The van der Waals surface area contributed by atoms with E-state index in [2.05, 4.69) is 10.1 Å². The van der Waals surface area contributed by atoms with Gasteiger partial charge in [-0.2, -0.15) is 4.98 Å². The number of aromatic carboxylic acids is 1. The molecule has 0 radical (unpaired) electrons. The average molecular weight is 315 g/mol. The lowest BCUT2D eigenvalue weighted by Gasteiger charge is -2.08. The Morgan fingerprint density at radius 2 is 1.90 bits per heavy atom. The minimum atomic E-state index is -1.47. The van der Waals surface area contributed by atoms with Crippen molar-refractivity contribution < 1.29 is 18.7 Å². The van der Waals surface area contributed by atoms with Crippen LogP contribution in [0.2, 0.25) is 0 Å². The summed E-state index contributed by atoms with van der Waals surface area (Å²) in [5, 5.41) is 10.7. The van der Waals surface area contributed by atoms with E-state index in [1.165, 1.54) is 7.05 Å². The Bertz CT molecular complexity index is 823. The van der Waals surface area contributed by atoms with Gasteiger partial charge in [0.1, 0.15) is 11.6 Å². The van der Waals surface area contributed by atoms with Crippen molar-refractivity contribution in [2.24, 2.45) is 7.05 Å². The first-order chi connectivity index (χ1) is 9.79.